The summed E-state index contributed by atoms with van der Waals surface area (Å²) in [5, 5.41) is 3.38. The van der Waals surface area contributed by atoms with Gasteiger partial charge in [0.05, 0.1) is 19.3 Å². The van der Waals surface area contributed by atoms with E-state index in [4.69, 9.17) is 9.47 Å². The highest BCUT2D eigenvalue weighted by atomic mass is 16.6. The molecule has 0 amide bonds. The Bertz CT molecular complexity index is 666. The van der Waals surface area contributed by atoms with Gasteiger partial charge >= 0.3 is 0 Å². The molecule has 0 spiro atoms. The van der Waals surface area contributed by atoms with E-state index in [9.17, 15) is 0 Å². The molecule has 0 bridgehead atoms. The number of hydrogen-bond acceptors (Lipinski definition) is 6. The summed E-state index contributed by atoms with van der Waals surface area (Å²) in [6.07, 6.45) is 3.85. The lowest BCUT2D eigenvalue weighted by Crippen LogP contribution is -2.31. The van der Waals surface area contributed by atoms with Crippen molar-refractivity contribution in [2.24, 2.45) is 0 Å². The molecule has 126 valence electrons. The summed E-state index contributed by atoms with van der Waals surface area (Å²) in [6.45, 7) is 4.97. The normalized spacial score (nSPS) is 24.5. The van der Waals surface area contributed by atoms with Gasteiger partial charge in [0.15, 0.2) is 0 Å². The van der Waals surface area contributed by atoms with Crippen molar-refractivity contribution in [1.29, 1.82) is 0 Å². The molecular formula is C18H22N4O2. The average Bonchev–Trinajstić information content (AvgIpc) is 2.93. The van der Waals surface area contributed by atoms with Crippen LogP contribution in [0.4, 0.5) is 11.5 Å². The van der Waals surface area contributed by atoms with Gasteiger partial charge in [-0.3, -0.25) is 4.98 Å². The fourth-order valence-electron chi connectivity index (χ4n) is 3.27. The lowest BCUT2D eigenvalue weighted by molar-refractivity contribution is -0.00461. The third-order valence-electron chi connectivity index (χ3n) is 4.50. The van der Waals surface area contributed by atoms with Crippen LogP contribution in [0.5, 0.6) is 0 Å². The van der Waals surface area contributed by atoms with Gasteiger partial charge in [0.1, 0.15) is 18.0 Å². The number of pyridine rings is 2. The van der Waals surface area contributed by atoms with E-state index in [-0.39, 0.29) is 18.2 Å². The Balaban J connectivity index is 1.37. The second kappa shape index (κ2) is 6.75. The van der Waals surface area contributed by atoms with E-state index in [1.165, 1.54) is 5.69 Å². The zero-order chi connectivity index (χ0) is 16.4. The topological polar surface area (TPSA) is 59.5 Å². The van der Waals surface area contributed by atoms with Gasteiger partial charge in [0, 0.05) is 36.9 Å². The molecule has 0 saturated carbocycles. The maximum Gasteiger partial charge on any atom is 0.126 e. The first-order chi connectivity index (χ1) is 11.8. The maximum atomic E-state index is 6.12. The fraction of sp³-hybridized carbons (Fsp3) is 0.444. The minimum atomic E-state index is 0.106. The first kappa shape index (κ1) is 15.4. The Labute approximate surface area is 141 Å². The van der Waals surface area contributed by atoms with Crippen molar-refractivity contribution in [3.63, 3.8) is 0 Å². The molecule has 2 atom stereocenters. The molecule has 1 N–H and O–H groups in total. The summed E-state index contributed by atoms with van der Waals surface area (Å²) in [7, 11) is 0. The molecular weight excluding hydrogens is 304 g/mol. The summed E-state index contributed by atoms with van der Waals surface area (Å²) in [5.41, 5.74) is 2.21. The van der Waals surface area contributed by atoms with Crippen molar-refractivity contribution in [2.75, 3.05) is 36.5 Å². The van der Waals surface area contributed by atoms with Crippen LogP contribution >= 0.6 is 0 Å². The molecule has 2 aliphatic heterocycles. The van der Waals surface area contributed by atoms with E-state index in [0.717, 1.165) is 24.6 Å². The third kappa shape index (κ3) is 3.34. The monoisotopic (exact) mass is 326 g/mol. The number of fused-ring (bicyclic) bond motifs is 1. The molecule has 24 heavy (non-hydrogen) atoms. The van der Waals surface area contributed by atoms with Crippen molar-refractivity contribution in [2.45, 2.75) is 25.2 Å². The Morgan fingerprint density at radius 2 is 1.83 bits per heavy atom. The predicted molar refractivity (Wildman–Crippen MR) is 92.3 cm³/mol. The Kier molecular flexibility index (Phi) is 4.32. The van der Waals surface area contributed by atoms with Gasteiger partial charge < -0.3 is 19.7 Å². The zero-order valence-electron chi connectivity index (χ0n) is 13.8. The number of anilines is 2. The van der Waals surface area contributed by atoms with Crippen LogP contribution in [-0.2, 0) is 9.47 Å². The summed E-state index contributed by atoms with van der Waals surface area (Å²) in [4.78, 5) is 10.9. The molecule has 2 saturated heterocycles. The lowest BCUT2D eigenvalue weighted by Gasteiger charge is -2.21. The molecule has 2 aromatic heterocycles. The predicted octanol–water partition coefficient (Wildman–Crippen LogP) is 1.87. The standard InChI is InChI=1S/C18H22N4O2/c1-13-8-15(5-7-19-13)22-9-16-17(10-22)24-12-14(11-23-16)21-18-4-2-3-6-20-18/h2-8,14,16-17H,9-12H2,1H3,(H,20,21)/t16-,17-/m0/s1. The molecule has 0 aromatic carbocycles. The van der Waals surface area contributed by atoms with E-state index in [2.05, 4.69) is 26.3 Å². The quantitative estimate of drug-likeness (QED) is 0.929. The number of nitrogens with zero attached hydrogens (tertiary/aromatic N) is 3. The van der Waals surface area contributed by atoms with E-state index >= 15 is 0 Å². The minimum Gasteiger partial charge on any atom is -0.371 e. The van der Waals surface area contributed by atoms with Crippen LogP contribution in [0.25, 0.3) is 0 Å². The highest BCUT2D eigenvalue weighted by molar-refractivity contribution is 5.48. The lowest BCUT2D eigenvalue weighted by atomic mass is 10.3. The van der Waals surface area contributed by atoms with Crippen LogP contribution < -0.4 is 10.2 Å². The summed E-state index contributed by atoms with van der Waals surface area (Å²) >= 11 is 0. The number of aryl methyl sites for hydroxylation is 1. The molecule has 0 radical (unpaired) electrons. The number of nitrogens with one attached hydrogen (secondary N) is 1. The van der Waals surface area contributed by atoms with Crippen molar-refractivity contribution >= 4 is 11.5 Å². The Morgan fingerprint density at radius 1 is 1.04 bits per heavy atom. The first-order valence-corrected chi connectivity index (χ1v) is 8.36. The van der Waals surface area contributed by atoms with Crippen molar-refractivity contribution in [1.82, 2.24) is 9.97 Å². The van der Waals surface area contributed by atoms with Crippen molar-refractivity contribution < 1.29 is 9.47 Å². The fourth-order valence-corrected chi connectivity index (χ4v) is 3.27. The number of aromatic nitrogens is 2. The Morgan fingerprint density at radius 3 is 2.50 bits per heavy atom. The van der Waals surface area contributed by atoms with Gasteiger partial charge in [0.2, 0.25) is 0 Å². The summed E-state index contributed by atoms with van der Waals surface area (Å²) in [5.74, 6) is 0.857. The molecule has 0 unspecified atom stereocenters. The molecule has 2 aliphatic rings. The SMILES string of the molecule is Cc1cc(N2C[C@@H]3OCC(Nc4ccccn4)CO[C@H]3C2)ccn1. The summed E-state index contributed by atoms with van der Waals surface area (Å²) in [6, 6.07) is 10.1. The number of ether oxygens (including phenoxy) is 2. The average molecular weight is 326 g/mol. The minimum absolute atomic E-state index is 0.106. The van der Waals surface area contributed by atoms with Crippen LogP contribution in [0.3, 0.4) is 0 Å². The van der Waals surface area contributed by atoms with Crippen LogP contribution in [0.1, 0.15) is 5.69 Å². The van der Waals surface area contributed by atoms with E-state index in [1.807, 2.05) is 37.4 Å². The van der Waals surface area contributed by atoms with Crippen LogP contribution in [0.15, 0.2) is 42.7 Å². The molecule has 2 fully saturated rings. The molecule has 2 aromatic rings. The van der Waals surface area contributed by atoms with Crippen molar-refractivity contribution in [3.05, 3.63) is 48.4 Å². The van der Waals surface area contributed by atoms with Crippen LogP contribution in [0, 0.1) is 6.92 Å². The van der Waals surface area contributed by atoms with Crippen LogP contribution in [0.2, 0.25) is 0 Å². The van der Waals surface area contributed by atoms with E-state index in [0.29, 0.717) is 13.2 Å². The van der Waals surface area contributed by atoms with Gasteiger partial charge in [-0.1, -0.05) is 6.07 Å². The van der Waals surface area contributed by atoms with Crippen molar-refractivity contribution in [3.8, 4) is 0 Å². The van der Waals surface area contributed by atoms with Gasteiger partial charge in [-0.2, -0.15) is 0 Å². The van der Waals surface area contributed by atoms with Gasteiger partial charge in [-0.05, 0) is 31.2 Å². The van der Waals surface area contributed by atoms with Crippen LogP contribution in [-0.4, -0.2) is 54.5 Å². The molecule has 4 rings (SSSR count). The molecule has 6 nitrogen and oxygen atoms in total. The van der Waals surface area contributed by atoms with Gasteiger partial charge in [0.25, 0.3) is 0 Å². The van der Waals surface area contributed by atoms with Gasteiger partial charge in [-0.25, -0.2) is 4.98 Å². The number of hydrogen-bond donors (Lipinski definition) is 1. The second-order valence-electron chi connectivity index (χ2n) is 6.36. The smallest absolute Gasteiger partial charge is 0.126 e. The molecule has 4 heterocycles. The summed E-state index contributed by atoms with van der Waals surface area (Å²) < 4.78 is 12.2. The molecule has 0 aliphatic carbocycles. The molecule has 6 heteroatoms. The van der Waals surface area contributed by atoms with Gasteiger partial charge in [-0.15, -0.1) is 0 Å². The number of rotatable bonds is 3. The third-order valence-corrected chi connectivity index (χ3v) is 4.50. The Hall–Kier alpha value is -2.18. The highest BCUT2D eigenvalue weighted by Gasteiger charge is 2.37. The largest absolute Gasteiger partial charge is 0.371 e. The second-order valence-corrected chi connectivity index (χ2v) is 6.36. The zero-order valence-corrected chi connectivity index (χ0v) is 13.8. The highest BCUT2D eigenvalue weighted by Crippen LogP contribution is 2.26. The van der Waals surface area contributed by atoms with E-state index < -0.39 is 0 Å². The maximum absolute atomic E-state index is 6.12. The van der Waals surface area contributed by atoms with E-state index in [1.54, 1.807) is 6.20 Å². The first-order valence-electron chi connectivity index (χ1n) is 8.36.